The lowest BCUT2D eigenvalue weighted by Crippen LogP contribution is -2.28. The van der Waals surface area contributed by atoms with Crippen molar-refractivity contribution in [1.82, 2.24) is 15.0 Å². The van der Waals surface area contributed by atoms with Gasteiger partial charge >= 0.3 is 0 Å². The molecule has 0 saturated carbocycles. The molecule has 0 atom stereocenters. The monoisotopic (exact) mass is 765 g/mol. The molecule has 2 heterocycles. The zero-order chi connectivity index (χ0) is 39.6. The Morgan fingerprint density at radius 1 is 0.350 bits per heavy atom. The molecule has 0 fully saturated rings. The van der Waals surface area contributed by atoms with Crippen LogP contribution in [0.3, 0.4) is 0 Å². The molecule has 0 saturated heterocycles. The van der Waals surface area contributed by atoms with Crippen LogP contribution in [0, 0.1) is 0 Å². The summed E-state index contributed by atoms with van der Waals surface area (Å²) in [6.45, 7) is 0. The molecule has 12 rings (SSSR count). The largest absolute Gasteiger partial charge is 0.456 e. The first-order valence-corrected chi connectivity index (χ1v) is 20.4. The molecule has 0 bridgehead atoms. The van der Waals surface area contributed by atoms with E-state index in [1.54, 1.807) is 0 Å². The maximum atomic E-state index is 6.92. The Balaban J connectivity index is 1.11. The highest BCUT2D eigenvalue weighted by Crippen LogP contribution is 2.56. The van der Waals surface area contributed by atoms with Gasteiger partial charge in [-0.25, -0.2) is 15.0 Å². The van der Waals surface area contributed by atoms with Crippen LogP contribution in [0.2, 0.25) is 0 Å². The van der Waals surface area contributed by atoms with Crippen molar-refractivity contribution in [2.24, 2.45) is 0 Å². The van der Waals surface area contributed by atoms with Crippen LogP contribution in [0.5, 0.6) is 0 Å². The number of nitrogens with zero attached hydrogens (tertiary/aromatic N) is 3. The molecule has 4 nitrogen and oxygen atoms in total. The van der Waals surface area contributed by atoms with Crippen LogP contribution in [-0.2, 0) is 5.41 Å². The van der Waals surface area contributed by atoms with Crippen LogP contribution in [-0.4, -0.2) is 15.0 Å². The fourth-order valence-corrected chi connectivity index (χ4v) is 9.65. The Kier molecular flexibility index (Phi) is 7.72. The van der Waals surface area contributed by atoms with E-state index < -0.39 is 5.41 Å². The van der Waals surface area contributed by atoms with Crippen molar-refractivity contribution in [3.63, 3.8) is 0 Å². The molecule has 280 valence electrons. The van der Waals surface area contributed by atoms with Gasteiger partial charge in [0.1, 0.15) is 11.2 Å². The fourth-order valence-electron chi connectivity index (χ4n) is 9.65. The van der Waals surface area contributed by atoms with Gasteiger partial charge in [0.15, 0.2) is 17.5 Å². The molecule has 0 spiro atoms. The second-order valence-electron chi connectivity index (χ2n) is 15.4. The van der Waals surface area contributed by atoms with E-state index in [0.717, 1.165) is 66.1 Å². The summed E-state index contributed by atoms with van der Waals surface area (Å²) in [5.41, 5.74) is 13.5. The van der Waals surface area contributed by atoms with Crippen molar-refractivity contribution in [2.75, 3.05) is 0 Å². The van der Waals surface area contributed by atoms with Crippen molar-refractivity contribution in [2.45, 2.75) is 5.41 Å². The van der Waals surface area contributed by atoms with Gasteiger partial charge in [0.2, 0.25) is 0 Å². The summed E-state index contributed by atoms with van der Waals surface area (Å²) in [7, 11) is 0. The van der Waals surface area contributed by atoms with Crippen molar-refractivity contribution >= 4 is 32.7 Å². The van der Waals surface area contributed by atoms with Crippen LogP contribution in [0.4, 0.5) is 0 Å². The number of hydrogen-bond acceptors (Lipinski definition) is 4. The lowest BCUT2D eigenvalue weighted by atomic mass is 9.67. The number of fused-ring (bicyclic) bond motifs is 7. The summed E-state index contributed by atoms with van der Waals surface area (Å²) >= 11 is 0. The maximum absolute atomic E-state index is 6.92. The van der Waals surface area contributed by atoms with E-state index in [-0.39, 0.29) is 0 Å². The predicted octanol–water partition coefficient (Wildman–Crippen LogP) is 14.0. The third kappa shape index (κ3) is 5.14. The number of aromatic nitrogens is 3. The smallest absolute Gasteiger partial charge is 0.165 e. The SMILES string of the molecule is c1ccc(-c2nc(-c3ccccc3)nc(-c3c(-c4cccc5oc6cc(C7(c8ccccc8)c8ccccc8-c8ccccc87)ccc6c45)ccc4ccccc34)n2)cc1. The summed E-state index contributed by atoms with van der Waals surface area (Å²) in [5, 5.41) is 4.28. The van der Waals surface area contributed by atoms with Gasteiger partial charge in [0, 0.05) is 27.5 Å². The molecule has 0 aliphatic heterocycles. The number of furan rings is 1. The molecule has 0 radical (unpaired) electrons. The molecule has 0 N–H and O–H groups in total. The molecule has 1 aliphatic rings. The highest BCUT2D eigenvalue weighted by atomic mass is 16.3. The van der Waals surface area contributed by atoms with Crippen molar-refractivity contribution in [3.05, 3.63) is 235 Å². The molecule has 60 heavy (non-hydrogen) atoms. The molecular formula is C56H35N3O. The number of rotatable bonds is 6. The Bertz CT molecular complexity index is 3330. The average Bonchev–Trinajstić information content (AvgIpc) is 3.85. The summed E-state index contributed by atoms with van der Waals surface area (Å²) < 4.78 is 6.92. The molecule has 0 unspecified atom stereocenters. The highest BCUT2D eigenvalue weighted by Gasteiger charge is 2.46. The van der Waals surface area contributed by atoms with E-state index in [2.05, 4.69) is 176 Å². The first-order chi connectivity index (χ1) is 29.8. The summed E-state index contributed by atoms with van der Waals surface area (Å²) in [4.78, 5) is 15.5. The first-order valence-electron chi connectivity index (χ1n) is 20.4. The third-order valence-electron chi connectivity index (χ3n) is 12.2. The van der Waals surface area contributed by atoms with Crippen LogP contribution in [0.1, 0.15) is 22.3 Å². The topological polar surface area (TPSA) is 51.8 Å². The van der Waals surface area contributed by atoms with Gasteiger partial charge < -0.3 is 4.42 Å². The molecule has 11 aromatic rings. The molecule has 1 aliphatic carbocycles. The Labute approximate surface area is 347 Å². The molecule has 0 amide bonds. The van der Waals surface area contributed by atoms with E-state index in [4.69, 9.17) is 19.4 Å². The van der Waals surface area contributed by atoms with E-state index in [0.29, 0.717) is 17.5 Å². The predicted molar refractivity (Wildman–Crippen MR) is 244 cm³/mol. The Morgan fingerprint density at radius 3 is 1.60 bits per heavy atom. The standard InChI is InChI=1S/C56H35N3O/c1-4-18-37(19-5-1)53-57-54(38-20-6-2-7-21-38)59-55(58-53)52-41-24-11-10-17-36(41)31-33-45(52)44-27-16-30-49-51(44)46-34-32-40(35-50(46)60-49)56(39-22-8-3-9-23-39)47-28-14-12-25-42(47)43-26-13-15-29-48(43)56/h1-35H. The van der Waals surface area contributed by atoms with Gasteiger partial charge in [-0.2, -0.15) is 0 Å². The summed E-state index contributed by atoms with van der Waals surface area (Å²) in [5.74, 6) is 1.87. The van der Waals surface area contributed by atoms with Crippen molar-refractivity contribution in [3.8, 4) is 56.4 Å². The Hall–Kier alpha value is -7.95. The van der Waals surface area contributed by atoms with Gasteiger partial charge in [0.25, 0.3) is 0 Å². The Morgan fingerprint density at radius 2 is 0.917 bits per heavy atom. The zero-order valence-electron chi connectivity index (χ0n) is 32.5. The molecule has 4 heteroatoms. The molecular weight excluding hydrogens is 731 g/mol. The lowest BCUT2D eigenvalue weighted by molar-refractivity contribution is 0.665. The second kappa shape index (κ2) is 13.6. The average molecular weight is 766 g/mol. The lowest BCUT2D eigenvalue weighted by Gasteiger charge is -2.33. The van der Waals surface area contributed by atoms with Gasteiger partial charge in [-0.1, -0.05) is 200 Å². The van der Waals surface area contributed by atoms with Crippen LogP contribution in [0.25, 0.3) is 89.1 Å². The van der Waals surface area contributed by atoms with Crippen LogP contribution < -0.4 is 0 Å². The van der Waals surface area contributed by atoms with E-state index in [1.807, 2.05) is 36.4 Å². The quantitative estimate of drug-likeness (QED) is 0.169. The number of hydrogen-bond donors (Lipinski definition) is 0. The minimum atomic E-state index is -0.526. The number of benzene rings is 9. The zero-order valence-corrected chi connectivity index (χ0v) is 32.5. The minimum Gasteiger partial charge on any atom is -0.456 e. The fraction of sp³-hybridized carbons (Fsp3) is 0.0179. The minimum absolute atomic E-state index is 0.526. The van der Waals surface area contributed by atoms with Gasteiger partial charge in [-0.05, 0) is 67.4 Å². The van der Waals surface area contributed by atoms with Crippen LogP contribution >= 0.6 is 0 Å². The first kappa shape index (κ1) is 34.1. The van der Waals surface area contributed by atoms with E-state index in [1.165, 1.54) is 27.8 Å². The van der Waals surface area contributed by atoms with E-state index in [9.17, 15) is 0 Å². The van der Waals surface area contributed by atoms with E-state index >= 15 is 0 Å². The highest BCUT2D eigenvalue weighted by molar-refractivity contribution is 6.16. The maximum Gasteiger partial charge on any atom is 0.165 e. The summed E-state index contributed by atoms with van der Waals surface area (Å²) in [6.07, 6.45) is 0. The van der Waals surface area contributed by atoms with Gasteiger partial charge in [-0.15, -0.1) is 0 Å². The summed E-state index contributed by atoms with van der Waals surface area (Å²) in [6, 6.07) is 75.0. The van der Waals surface area contributed by atoms with Crippen molar-refractivity contribution in [1.29, 1.82) is 0 Å². The normalized spacial score (nSPS) is 12.8. The second-order valence-corrected chi connectivity index (χ2v) is 15.4. The molecule has 9 aromatic carbocycles. The third-order valence-corrected chi connectivity index (χ3v) is 12.2. The van der Waals surface area contributed by atoms with Gasteiger partial charge in [-0.3, -0.25) is 0 Å². The molecule has 2 aromatic heterocycles. The van der Waals surface area contributed by atoms with Crippen molar-refractivity contribution < 1.29 is 4.42 Å². The van der Waals surface area contributed by atoms with Crippen LogP contribution in [0.15, 0.2) is 217 Å². The van der Waals surface area contributed by atoms with Gasteiger partial charge in [0.05, 0.1) is 5.41 Å².